The molecule has 2 unspecified atom stereocenters. The minimum atomic E-state index is -1.42. The van der Waals surface area contributed by atoms with Gasteiger partial charge in [-0.05, 0) is 20.8 Å². The Balaban J connectivity index is 2.54. The molecule has 0 saturated carbocycles. The van der Waals surface area contributed by atoms with Gasteiger partial charge in [0.1, 0.15) is 6.04 Å². The van der Waals surface area contributed by atoms with Crippen molar-refractivity contribution >= 4 is 17.9 Å². The van der Waals surface area contributed by atoms with Crippen LogP contribution in [-0.2, 0) is 14.3 Å². The summed E-state index contributed by atoms with van der Waals surface area (Å²) < 4.78 is 5.03. The quantitative estimate of drug-likeness (QED) is 0.541. The zero-order valence-electron chi connectivity index (χ0n) is 11.9. The molecular weight excluding hydrogens is 266 g/mol. The highest BCUT2D eigenvalue weighted by molar-refractivity contribution is 5.90. The van der Waals surface area contributed by atoms with Crippen LogP contribution < -0.4 is 16.0 Å². The number of aliphatic carboxylic acids is 1. The first-order valence-corrected chi connectivity index (χ1v) is 6.47. The number of ether oxygens (including phenoxy) is 1. The van der Waals surface area contributed by atoms with Gasteiger partial charge in [0.25, 0.3) is 0 Å². The van der Waals surface area contributed by atoms with E-state index in [2.05, 4.69) is 16.0 Å². The number of hydrogen-bond acceptors (Lipinski definition) is 4. The number of amides is 3. The second-order valence-corrected chi connectivity index (χ2v) is 5.17. The van der Waals surface area contributed by atoms with E-state index in [0.717, 1.165) is 0 Å². The summed E-state index contributed by atoms with van der Waals surface area (Å²) in [5, 5.41) is 16.6. The molecule has 0 aromatic rings. The molecule has 1 aliphatic heterocycles. The van der Waals surface area contributed by atoms with Gasteiger partial charge < -0.3 is 25.8 Å². The highest BCUT2D eigenvalue weighted by atomic mass is 16.5. The molecule has 0 aromatic heterocycles. The van der Waals surface area contributed by atoms with Gasteiger partial charge in [-0.1, -0.05) is 0 Å². The molecule has 0 bridgehead atoms. The number of carboxylic acids is 1. The highest BCUT2D eigenvalue weighted by Gasteiger charge is 2.44. The Labute approximate surface area is 117 Å². The Morgan fingerprint density at radius 2 is 1.85 bits per heavy atom. The number of carbonyl (C=O) groups excluding carboxylic acids is 2. The average Bonchev–Trinajstić information content (AvgIpc) is 2.77. The second kappa shape index (κ2) is 6.56. The van der Waals surface area contributed by atoms with Gasteiger partial charge >= 0.3 is 12.0 Å². The van der Waals surface area contributed by atoms with E-state index in [1.807, 2.05) is 0 Å². The topological polar surface area (TPSA) is 117 Å². The standard InChI is InChI=1S/C12H21N3O5/c1-7(2)13-9(16)8(3)14-11(19)15-12(10(17)18)4-5-20-6-12/h7-8H,4-6H2,1-3H3,(H,13,16)(H,17,18)(H2,14,15,19). The molecule has 0 spiro atoms. The van der Waals surface area contributed by atoms with Crippen LogP contribution in [0.1, 0.15) is 27.2 Å². The number of hydrogen-bond donors (Lipinski definition) is 4. The molecule has 0 aliphatic carbocycles. The van der Waals surface area contributed by atoms with Gasteiger partial charge in [-0.3, -0.25) is 4.79 Å². The zero-order chi connectivity index (χ0) is 15.3. The van der Waals surface area contributed by atoms with Crippen molar-refractivity contribution in [1.29, 1.82) is 0 Å². The smallest absolute Gasteiger partial charge is 0.332 e. The maximum atomic E-state index is 11.8. The summed E-state index contributed by atoms with van der Waals surface area (Å²) in [6.45, 7) is 5.33. The van der Waals surface area contributed by atoms with E-state index in [4.69, 9.17) is 4.74 Å². The maximum absolute atomic E-state index is 11.8. The molecular formula is C12H21N3O5. The Bertz CT molecular complexity index is 391. The van der Waals surface area contributed by atoms with Gasteiger partial charge in [-0.2, -0.15) is 0 Å². The summed E-state index contributed by atoms with van der Waals surface area (Å²) in [4.78, 5) is 34.7. The lowest BCUT2D eigenvalue weighted by molar-refractivity contribution is -0.144. The van der Waals surface area contributed by atoms with Gasteiger partial charge in [0.2, 0.25) is 5.91 Å². The molecule has 8 heteroatoms. The molecule has 1 rings (SSSR count). The average molecular weight is 287 g/mol. The third-order valence-corrected chi connectivity index (χ3v) is 2.96. The third-order valence-electron chi connectivity index (χ3n) is 2.96. The number of urea groups is 1. The number of rotatable bonds is 5. The second-order valence-electron chi connectivity index (χ2n) is 5.17. The number of carboxylic acid groups (broad SMARTS) is 1. The van der Waals surface area contributed by atoms with Crippen LogP contribution in [0.2, 0.25) is 0 Å². The minimum Gasteiger partial charge on any atom is -0.479 e. The molecule has 0 radical (unpaired) electrons. The predicted octanol–water partition coefficient (Wildman–Crippen LogP) is -0.558. The van der Waals surface area contributed by atoms with Crippen LogP contribution in [0.4, 0.5) is 4.79 Å². The van der Waals surface area contributed by atoms with Gasteiger partial charge in [0.05, 0.1) is 6.61 Å². The lowest BCUT2D eigenvalue weighted by Crippen LogP contribution is -2.60. The van der Waals surface area contributed by atoms with Crippen molar-refractivity contribution in [3.63, 3.8) is 0 Å². The Kier molecular flexibility index (Phi) is 5.32. The molecule has 1 saturated heterocycles. The van der Waals surface area contributed by atoms with Gasteiger partial charge in [0.15, 0.2) is 5.54 Å². The van der Waals surface area contributed by atoms with Crippen molar-refractivity contribution in [2.45, 2.75) is 44.8 Å². The molecule has 8 nitrogen and oxygen atoms in total. The van der Waals surface area contributed by atoms with Gasteiger partial charge in [-0.15, -0.1) is 0 Å². The van der Waals surface area contributed by atoms with Crippen LogP contribution in [0, 0.1) is 0 Å². The molecule has 1 fully saturated rings. The summed E-state index contributed by atoms with van der Waals surface area (Å²) in [6.07, 6.45) is 0.197. The fraction of sp³-hybridized carbons (Fsp3) is 0.750. The van der Waals surface area contributed by atoms with E-state index >= 15 is 0 Å². The molecule has 0 aromatic carbocycles. The monoisotopic (exact) mass is 287 g/mol. The third kappa shape index (κ3) is 4.09. The van der Waals surface area contributed by atoms with Crippen molar-refractivity contribution in [1.82, 2.24) is 16.0 Å². The lowest BCUT2D eigenvalue weighted by Gasteiger charge is -2.25. The van der Waals surface area contributed by atoms with Crippen molar-refractivity contribution in [2.75, 3.05) is 13.2 Å². The number of carbonyl (C=O) groups is 3. The normalized spacial score (nSPS) is 23.2. The highest BCUT2D eigenvalue weighted by Crippen LogP contribution is 2.18. The van der Waals surface area contributed by atoms with Crippen molar-refractivity contribution in [3.8, 4) is 0 Å². The Morgan fingerprint density at radius 3 is 2.30 bits per heavy atom. The number of nitrogens with one attached hydrogen (secondary N) is 3. The van der Waals surface area contributed by atoms with E-state index in [1.165, 1.54) is 6.92 Å². The summed E-state index contributed by atoms with van der Waals surface area (Å²) >= 11 is 0. The maximum Gasteiger partial charge on any atom is 0.332 e. The van der Waals surface area contributed by atoms with Gasteiger partial charge in [-0.25, -0.2) is 9.59 Å². The van der Waals surface area contributed by atoms with E-state index in [0.29, 0.717) is 0 Å². The summed E-state index contributed by atoms with van der Waals surface area (Å²) in [6, 6.07) is -1.50. The Hall–Kier alpha value is -1.83. The SMILES string of the molecule is CC(C)NC(=O)C(C)NC(=O)NC1(C(=O)O)CCOC1. The van der Waals surface area contributed by atoms with E-state index < -0.39 is 23.6 Å². The molecule has 1 heterocycles. The molecule has 20 heavy (non-hydrogen) atoms. The Morgan fingerprint density at radius 1 is 1.20 bits per heavy atom. The molecule has 114 valence electrons. The lowest BCUT2D eigenvalue weighted by atomic mass is 9.99. The fourth-order valence-electron chi connectivity index (χ4n) is 1.81. The van der Waals surface area contributed by atoms with Crippen LogP contribution >= 0.6 is 0 Å². The largest absolute Gasteiger partial charge is 0.479 e. The van der Waals surface area contributed by atoms with Crippen molar-refractivity contribution in [2.24, 2.45) is 0 Å². The van der Waals surface area contributed by atoms with Crippen molar-refractivity contribution in [3.05, 3.63) is 0 Å². The molecule has 1 aliphatic rings. The zero-order valence-corrected chi connectivity index (χ0v) is 11.9. The van der Waals surface area contributed by atoms with Crippen LogP contribution in [0.15, 0.2) is 0 Å². The fourth-order valence-corrected chi connectivity index (χ4v) is 1.81. The van der Waals surface area contributed by atoms with Crippen LogP contribution in [0.3, 0.4) is 0 Å². The molecule has 4 N–H and O–H groups in total. The first kappa shape index (κ1) is 16.2. The molecule has 3 amide bonds. The van der Waals surface area contributed by atoms with Crippen molar-refractivity contribution < 1.29 is 24.2 Å². The predicted molar refractivity (Wildman–Crippen MR) is 70.2 cm³/mol. The first-order chi connectivity index (χ1) is 9.27. The van der Waals surface area contributed by atoms with Crippen LogP contribution in [0.25, 0.3) is 0 Å². The van der Waals surface area contributed by atoms with Crippen LogP contribution in [0.5, 0.6) is 0 Å². The van der Waals surface area contributed by atoms with Crippen LogP contribution in [-0.4, -0.2) is 53.9 Å². The summed E-state index contributed by atoms with van der Waals surface area (Å²) in [5.41, 5.74) is -1.42. The summed E-state index contributed by atoms with van der Waals surface area (Å²) in [7, 11) is 0. The minimum absolute atomic E-state index is 0.0385. The van der Waals surface area contributed by atoms with E-state index in [-0.39, 0.29) is 31.6 Å². The van der Waals surface area contributed by atoms with E-state index in [9.17, 15) is 19.5 Å². The van der Waals surface area contributed by atoms with E-state index in [1.54, 1.807) is 13.8 Å². The first-order valence-electron chi connectivity index (χ1n) is 6.47. The molecule has 2 atom stereocenters. The van der Waals surface area contributed by atoms with Gasteiger partial charge in [0, 0.05) is 19.1 Å². The summed E-state index contributed by atoms with van der Waals surface area (Å²) in [5.74, 6) is -1.48.